The van der Waals surface area contributed by atoms with Gasteiger partial charge in [-0.15, -0.1) is 0 Å². The molecule has 1 heterocycles. The van der Waals surface area contributed by atoms with Gasteiger partial charge in [0.1, 0.15) is 6.23 Å². The van der Waals surface area contributed by atoms with Crippen LogP contribution in [-0.4, -0.2) is 21.9 Å². The molecule has 2 N–H and O–H groups in total. The summed E-state index contributed by atoms with van der Waals surface area (Å²) in [6, 6.07) is 0. The van der Waals surface area contributed by atoms with Gasteiger partial charge >= 0.3 is 0 Å². The van der Waals surface area contributed by atoms with Gasteiger partial charge in [-0.1, -0.05) is 0 Å². The summed E-state index contributed by atoms with van der Waals surface area (Å²) < 4.78 is 1.65. The lowest BCUT2D eigenvalue weighted by Gasteiger charge is -2.03. The molecule has 1 atom stereocenters. The normalized spacial score (nSPS) is 13.5. The fourth-order valence-electron chi connectivity index (χ4n) is 0.748. The highest BCUT2D eigenvalue weighted by Gasteiger charge is 2.04. The van der Waals surface area contributed by atoms with Crippen LogP contribution in [0.25, 0.3) is 0 Å². The van der Waals surface area contributed by atoms with Crippen LogP contribution in [0.3, 0.4) is 0 Å². The lowest BCUT2D eigenvalue weighted by atomic mass is 10.3. The third kappa shape index (κ3) is 1.34. The Morgan fingerprint density at radius 3 is 2.90 bits per heavy atom. The van der Waals surface area contributed by atoms with Crippen molar-refractivity contribution in [3.63, 3.8) is 0 Å². The molecule has 4 heteroatoms. The summed E-state index contributed by atoms with van der Waals surface area (Å²) >= 11 is 0. The van der Waals surface area contributed by atoms with Crippen molar-refractivity contribution in [3.05, 3.63) is 18.0 Å². The maximum atomic E-state index is 9.18. The molecule has 4 nitrogen and oxygen atoms in total. The molecular weight excluding hydrogens is 130 g/mol. The average molecular weight is 141 g/mol. The second-order valence-corrected chi connectivity index (χ2v) is 2.14. The van der Waals surface area contributed by atoms with Gasteiger partial charge < -0.3 is 5.11 Å². The highest BCUT2D eigenvalue weighted by Crippen LogP contribution is 2.05. The molecule has 0 bridgehead atoms. The van der Waals surface area contributed by atoms with Gasteiger partial charge in [0.25, 0.3) is 0 Å². The van der Waals surface area contributed by atoms with Crippen LogP contribution >= 0.6 is 0 Å². The first-order chi connectivity index (χ1) is 4.74. The maximum absolute atomic E-state index is 9.18. The van der Waals surface area contributed by atoms with Crippen LogP contribution < -0.4 is 5.32 Å². The van der Waals surface area contributed by atoms with E-state index < -0.39 is 6.23 Å². The number of aliphatic hydroxyl groups excluding tert-OH is 1. The van der Waals surface area contributed by atoms with E-state index in [-0.39, 0.29) is 0 Å². The number of aliphatic hydroxyl groups is 1. The molecule has 0 aliphatic rings. The van der Waals surface area contributed by atoms with Gasteiger partial charge in [-0.3, -0.25) is 10.00 Å². The van der Waals surface area contributed by atoms with Crippen molar-refractivity contribution < 1.29 is 5.11 Å². The van der Waals surface area contributed by atoms with Gasteiger partial charge in [-0.25, -0.2) is 0 Å². The van der Waals surface area contributed by atoms with E-state index in [9.17, 15) is 5.11 Å². The van der Waals surface area contributed by atoms with Crippen molar-refractivity contribution in [2.24, 2.45) is 7.05 Å². The lowest BCUT2D eigenvalue weighted by molar-refractivity contribution is 0.149. The van der Waals surface area contributed by atoms with Crippen molar-refractivity contribution in [1.29, 1.82) is 0 Å². The third-order valence-corrected chi connectivity index (χ3v) is 1.31. The molecule has 10 heavy (non-hydrogen) atoms. The summed E-state index contributed by atoms with van der Waals surface area (Å²) in [5, 5.41) is 15.8. The molecule has 0 spiro atoms. The molecule has 0 saturated carbocycles. The Balaban J connectivity index is 2.74. The van der Waals surface area contributed by atoms with Crippen LogP contribution in [0.15, 0.2) is 12.4 Å². The second-order valence-electron chi connectivity index (χ2n) is 2.14. The molecule has 1 aromatic heterocycles. The number of nitrogens with zero attached hydrogens (tertiary/aromatic N) is 2. The van der Waals surface area contributed by atoms with Gasteiger partial charge in [0.15, 0.2) is 0 Å². The Bertz CT molecular complexity index is 209. The van der Waals surface area contributed by atoms with Crippen LogP contribution in [-0.2, 0) is 7.05 Å². The van der Waals surface area contributed by atoms with Crippen LogP contribution in [0.1, 0.15) is 11.8 Å². The summed E-state index contributed by atoms with van der Waals surface area (Å²) in [4.78, 5) is 0. The molecule has 0 amide bonds. The molecule has 0 aliphatic heterocycles. The minimum Gasteiger partial charge on any atom is -0.374 e. The quantitative estimate of drug-likeness (QED) is 0.552. The fourth-order valence-corrected chi connectivity index (χ4v) is 0.748. The first kappa shape index (κ1) is 7.24. The summed E-state index contributed by atoms with van der Waals surface area (Å²) in [6.07, 6.45) is 2.79. The van der Waals surface area contributed by atoms with E-state index in [0.29, 0.717) is 0 Å². The second kappa shape index (κ2) is 2.81. The zero-order valence-electron chi connectivity index (χ0n) is 6.07. The number of rotatable bonds is 2. The average Bonchev–Trinajstić information content (AvgIpc) is 2.34. The van der Waals surface area contributed by atoms with E-state index >= 15 is 0 Å². The molecule has 1 aromatic rings. The van der Waals surface area contributed by atoms with Gasteiger partial charge in [0.2, 0.25) is 0 Å². The Kier molecular flexibility index (Phi) is 2.03. The Morgan fingerprint density at radius 1 is 1.80 bits per heavy atom. The van der Waals surface area contributed by atoms with Crippen LogP contribution in [0.2, 0.25) is 0 Å². The zero-order valence-corrected chi connectivity index (χ0v) is 6.07. The van der Waals surface area contributed by atoms with Crippen molar-refractivity contribution in [1.82, 2.24) is 15.1 Å². The van der Waals surface area contributed by atoms with E-state index in [2.05, 4.69) is 10.4 Å². The predicted molar refractivity (Wildman–Crippen MR) is 37.2 cm³/mol. The standard InChI is InChI=1S/C6H11N3O/c1-7-6(10)5-3-8-9(2)4-5/h3-4,6-7,10H,1-2H3. The Labute approximate surface area is 59.5 Å². The molecule has 0 aromatic carbocycles. The van der Waals surface area contributed by atoms with E-state index in [1.807, 2.05) is 7.05 Å². The summed E-state index contributed by atoms with van der Waals surface area (Å²) in [6.45, 7) is 0. The van der Waals surface area contributed by atoms with Gasteiger partial charge in [0.05, 0.1) is 6.20 Å². The number of nitrogens with one attached hydrogen (secondary N) is 1. The first-order valence-corrected chi connectivity index (χ1v) is 3.08. The number of hydrogen-bond donors (Lipinski definition) is 2. The molecule has 0 aliphatic carbocycles. The minimum atomic E-state index is -0.603. The van der Waals surface area contributed by atoms with Gasteiger partial charge in [0, 0.05) is 18.8 Å². The molecule has 56 valence electrons. The first-order valence-electron chi connectivity index (χ1n) is 3.08. The third-order valence-electron chi connectivity index (χ3n) is 1.31. The van der Waals surface area contributed by atoms with E-state index in [1.165, 1.54) is 0 Å². The van der Waals surface area contributed by atoms with Gasteiger partial charge in [-0.05, 0) is 7.05 Å². The van der Waals surface area contributed by atoms with E-state index in [0.717, 1.165) is 5.56 Å². The fraction of sp³-hybridized carbons (Fsp3) is 0.500. The highest BCUT2D eigenvalue weighted by molar-refractivity contribution is 5.06. The topological polar surface area (TPSA) is 50.1 Å². The Morgan fingerprint density at radius 2 is 2.50 bits per heavy atom. The van der Waals surface area contributed by atoms with Crippen molar-refractivity contribution in [2.45, 2.75) is 6.23 Å². The highest BCUT2D eigenvalue weighted by atomic mass is 16.3. The molecular formula is C6H11N3O. The molecule has 1 rings (SSSR count). The summed E-state index contributed by atoms with van der Waals surface area (Å²) in [5.41, 5.74) is 0.782. The number of aryl methyl sites for hydroxylation is 1. The van der Waals surface area contributed by atoms with Crippen molar-refractivity contribution >= 4 is 0 Å². The molecule has 0 fully saturated rings. The molecule has 1 unspecified atom stereocenters. The lowest BCUT2D eigenvalue weighted by Crippen LogP contribution is -2.14. The van der Waals surface area contributed by atoms with E-state index in [1.54, 1.807) is 24.1 Å². The summed E-state index contributed by atoms with van der Waals surface area (Å²) in [7, 11) is 3.50. The maximum Gasteiger partial charge on any atom is 0.133 e. The minimum absolute atomic E-state index is 0.603. The number of aromatic nitrogens is 2. The summed E-state index contributed by atoms with van der Waals surface area (Å²) in [5.74, 6) is 0. The Hall–Kier alpha value is -0.870. The van der Waals surface area contributed by atoms with Crippen molar-refractivity contribution in [3.8, 4) is 0 Å². The van der Waals surface area contributed by atoms with Crippen LogP contribution in [0.5, 0.6) is 0 Å². The zero-order chi connectivity index (χ0) is 7.56. The molecule has 0 saturated heterocycles. The number of hydrogen-bond acceptors (Lipinski definition) is 3. The van der Waals surface area contributed by atoms with Gasteiger partial charge in [-0.2, -0.15) is 5.10 Å². The molecule has 0 radical (unpaired) electrons. The van der Waals surface area contributed by atoms with Crippen LogP contribution in [0, 0.1) is 0 Å². The largest absolute Gasteiger partial charge is 0.374 e. The smallest absolute Gasteiger partial charge is 0.133 e. The van der Waals surface area contributed by atoms with E-state index in [4.69, 9.17) is 0 Å². The predicted octanol–water partition coefficient (Wildman–Crippen LogP) is -0.370. The monoisotopic (exact) mass is 141 g/mol. The van der Waals surface area contributed by atoms with Crippen molar-refractivity contribution in [2.75, 3.05) is 7.05 Å². The van der Waals surface area contributed by atoms with Crippen LogP contribution in [0.4, 0.5) is 0 Å². The SMILES string of the molecule is CNC(O)c1cnn(C)c1.